The quantitative estimate of drug-likeness (QED) is 0.596. The van der Waals surface area contributed by atoms with Crippen molar-refractivity contribution in [2.75, 3.05) is 26.7 Å². The lowest BCUT2D eigenvalue weighted by Gasteiger charge is -2.30. The summed E-state index contributed by atoms with van der Waals surface area (Å²) < 4.78 is 12.5. The fourth-order valence-electron chi connectivity index (χ4n) is 3.11. The number of fused-ring (bicyclic) bond motifs is 1. The number of likely N-dealkylation sites (N-methyl/N-ethyl adjacent to an activating group) is 1. The summed E-state index contributed by atoms with van der Waals surface area (Å²) in [4.78, 5) is 11.4. The third-order valence-electron chi connectivity index (χ3n) is 4.57. The lowest BCUT2D eigenvalue weighted by atomic mass is 10.2. The highest BCUT2D eigenvalue weighted by atomic mass is 32.1. The summed E-state index contributed by atoms with van der Waals surface area (Å²) >= 11 is 1.60. The van der Waals surface area contributed by atoms with Crippen molar-refractivity contribution in [3.63, 3.8) is 0 Å². The van der Waals surface area contributed by atoms with Crippen LogP contribution in [0, 0.1) is 0 Å². The zero-order valence-electron chi connectivity index (χ0n) is 14.2. The Morgan fingerprint density at radius 3 is 2.92 bits per heavy atom. The molecular formula is C18H17N5O2S. The third kappa shape index (κ3) is 2.72. The first-order valence-corrected chi connectivity index (χ1v) is 9.30. The van der Waals surface area contributed by atoms with Crippen LogP contribution >= 0.6 is 11.3 Å². The summed E-state index contributed by atoms with van der Waals surface area (Å²) in [6.45, 7) is 2.74. The number of rotatable bonds is 3. The maximum Gasteiger partial charge on any atom is 0.293 e. The van der Waals surface area contributed by atoms with Crippen LogP contribution in [0.5, 0.6) is 0 Å². The number of thiazole rings is 1. The number of hydrogen-bond donors (Lipinski definition) is 1. The van der Waals surface area contributed by atoms with Crippen molar-refractivity contribution in [2.45, 2.75) is 6.04 Å². The molecule has 4 aromatic rings. The molecule has 1 aromatic carbocycles. The van der Waals surface area contributed by atoms with Crippen molar-refractivity contribution in [3.8, 4) is 22.4 Å². The molecule has 0 spiro atoms. The molecule has 1 atom stereocenters. The Kier molecular flexibility index (Phi) is 3.81. The SMILES string of the molecule is CN1CCNCC1c1noc(-c2ccc(-c3nc4ccccc4s3)o2)n1. The number of nitrogens with one attached hydrogen (secondary N) is 1. The van der Waals surface area contributed by atoms with E-state index in [4.69, 9.17) is 8.94 Å². The molecule has 5 rings (SSSR count). The monoisotopic (exact) mass is 367 g/mol. The Morgan fingerprint density at radius 2 is 2.04 bits per heavy atom. The molecule has 26 heavy (non-hydrogen) atoms. The second kappa shape index (κ2) is 6.31. The van der Waals surface area contributed by atoms with Gasteiger partial charge in [-0.15, -0.1) is 11.3 Å². The normalized spacial score (nSPS) is 18.6. The van der Waals surface area contributed by atoms with E-state index in [1.165, 1.54) is 0 Å². The van der Waals surface area contributed by atoms with Gasteiger partial charge in [-0.3, -0.25) is 4.90 Å². The number of hydrogen-bond acceptors (Lipinski definition) is 8. The van der Waals surface area contributed by atoms with Crippen LogP contribution in [0.3, 0.4) is 0 Å². The van der Waals surface area contributed by atoms with Gasteiger partial charge in [-0.1, -0.05) is 17.3 Å². The summed E-state index contributed by atoms with van der Waals surface area (Å²) in [5, 5.41) is 8.34. The van der Waals surface area contributed by atoms with E-state index in [0.29, 0.717) is 23.2 Å². The Balaban J connectivity index is 1.43. The van der Waals surface area contributed by atoms with Gasteiger partial charge in [0, 0.05) is 19.6 Å². The Labute approximate surface area is 153 Å². The molecule has 0 amide bonds. The van der Waals surface area contributed by atoms with Crippen molar-refractivity contribution in [1.82, 2.24) is 25.3 Å². The lowest BCUT2D eigenvalue weighted by Crippen LogP contribution is -2.44. The number of nitrogens with zero attached hydrogens (tertiary/aromatic N) is 4. The van der Waals surface area contributed by atoms with E-state index < -0.39 is 0 Å². The molecule has 0 radical (unpaired) electrons. The molecule has 8 heteroatoms. The van der Waals surface area contributed by atoms with Crippen LogP contribution < -0.4 is 5.32 Å². The van der Waals surface area contributed by atoms with Crippen molar-refractivity contribution in [2.24, 2.45) is 0 Å². The zero-order valence-corrected chi connectivity index (χ0v) is 15.0. The molecule has 0 saturated carbocycles. The van der Waals surface area contributed by atoms with Gasteiger partial charge in [-0.2, -0.15) is 4.98 Å². The molecule has 1 saturated heterocycles. The largest absolute Gasteiger partial charge is 0.448 e. The zero-order chi connectivity index (χ0) is 17.5. The van der Waals surface area contributed by atoms with Crippen LogP contribution in [0.4, 0.5) is 0 Å². The number of furan rings is 1. The van der Waals surface area contributed by atoms with Gasteiger partial charge in [0.15, 0.2) is 22.4 Å². The minimum absolute atomic E-state index is 0.111. The van der Waals surface area contributed by atoms with Crippen LogP contribution in [-0.2, 0) is 0 Å². The van der Waals surface area contributed by atoms with Crippen LogP contribution in [0.25, 0.3) is 32.6 Å². The van der Waals surface area contributed by atoms with Crippen molar-refractivity contribution in [3.05, 3.63) is 42.2 Å². The standard InChI is InChI=1S/C18H17N5O2S/c1-23-9-8-19-10-12(23)16-21-17(25-22-16)13-6-7-14(24-13)18-20-11-4-2-3-5-15(11)26-18/h2-7,12,19H,8-10H2,1H3. The Hall–Kier alpha value is -2.55. The van der Waals surface area contributed by atoms with Crippen LogP contribution in [0.15, 0.2) is 45.3 Å². The predicted octanol–water partition coefficient (Wildman–Crippen LogP) is 3.18. The van der Waals surface area contributed by atoms with Gasteiger partial charge in [0.05, 0.1) is 16.3 Å². The molecule has 1 aliphatic rings. The smallest absolute Gasteiger partial charge is 0.293 e. The molecule has 3 aromatic heterocycles. The maximum atomic E-state index is 5.94. The van der Waals surface area contributed by atoms with Crippen LogP contribution in [0.2, 0.25) is 0 Å². The molecule has 1 unspecified atom stereocenters. The molecule has 7 nitrogen and oxygen atoms in total. The molecule has 1 N–H and O–H groups in total. The first-order chi connectivity index (χ1) is 12.8. The molecule has 1 aliphatic heterocycles. The van der Waals surface area contributed by atoms with Gasteiger partial charge in [-0.05, 0) is 31.3 Å². The molecular weight excluding hydrogens is 350 g/mol. The van der Waals surface area contributed by atoms with Gasteiger partial charge in [-0.25, -0.2) is 4.98 Å². The second-order valence-electron chi connectivity index (χ2n) is 6.31. The van der Waals surface area contributed by atoms with E-state index in [9.17, 15) is 0 Å². The minimum atomic E-state index is 0.111. The van der Waals surface area contributed by atoms with Gasteiger partial charge in [0.2, 0.25) is 0 Å². The highest BCUT2D eigenvalue weighted by Gasteiger charge is 2.26. The predicted molar refractivity (Wildman–Crippen MR) is 98.9 cm³/mol. The third-order valence-corrected chi connectivity index (χ3v) is 5.62. The first kappa shape index (κ1) is 15.7. The van der Waals surface area contributed by atoms with E-state index in [0.717, 1.165) is 34.9 Å². The van der Waals surface area contributed by atoms with E-state index in [1.54, 1.807) is 11.3 Å². The number of piperazine rings is 1. The maximum absolute atomic E-state index is 5.94. The Bertz CT molecular complexity index is 1020. The molecule has 4 heterocycles. The molecule has 1 fully saturated rings. The summed E-state index contributed by atoms with van der Waals surface area (Å²) in [5.74, 6) is 2.33. The molecule has 132 valence electrons. The number of para-hydroxylation sites is 1. The summed E-state index contributed by atoms with van der Waals surface area (Å²) in [5.41, 5.74) is 0.971. The van der Waals surface area contributed by atoms with Crippen LogP contribution in [-0.4, -0.2) is 46.7 Å². The van der Waals surface area contributed by atoms with Gasteiger partial charge >= 0.3 is 0 Å². The van der Waals surface area contributed by atoms with Crippen LogP contribution in [0.1, 0.15) is 11.9 Å². The van der Waals surface area contributed by atoms with Crippen molar-refractivity contribution < 1.29 is 8.94 Å². The fraction of sp³-hybridized carbons (Fsp3) is 0.278. The molecule has 0 bridgehead atoms. The summed E-state index contributed by atoms with van der Waals surface area (Å²) in [6.07, 6.45) is 0. The van der Waals surface area contributed by atoms with Gasteiger partial charge in [0.25, 0.3) is 5.89 Å². The van der Waals surface area contributed by atoms with E-state index in [-0.39, 0.29) is 6.04 Å². The average Bonchev–Trinajstić information content (AvgIpc) is 3.39. The second-order valence-corrected chi connectivity index (χ2v) is 7.34. The highest BCUT2D eigenvalue weighted by Crippen LogP contribution is 2.33. The topological polar surface area (TPSA) is 80.2 Å². The van der Waals surface area contributed by atoms with Gasteiger partial charge < -0.3 is 14.3 Å². The molecule has 0 aliphatic carbocycles. The summed E-state index contributed by atoms with van der Waals surface area (Å²) in [7, 11) is 2.07. The van der Waals surface area contributed by atoms with Crippen molar-refractivity contribution >= 4 is 21.6 Å². The Morgan fingerprint density at radius 1 is 1.15 bits per heavy atom. The highest BCUT2D eigenvalue weighted by molar-refractivity contribution is 7.21. The van der Waals surface area contributed by atoms with E-state index in [1.807, 2.05) is 30.3 Å². The minimum Gasteiger partial charge on any atom is -0.448 e. The number of aromatic nitrogens is 3. The summed E-state index contributed by atoms with van der Waals surface area (Å²) in [6, 6.07) is 11.9. The number of benzene rings is 1. The lowest BCUT2D eigenvalue weighted by molar-refractivity contribution is 0.190. The van der Waals surface area contributed by atoms with E-state index in [2.05, 4.69) is 38.5 Å². The van der Waals surface area contributed by atoms with Gasteiger partial charge in [0.1, 0.15) is 0 Å². The van der Waals surface area contributed by atoms with Crippen molar-refractivity contribution in [1.29, 1.82) is 0 Å². The van der Waals surface area contributed by atoms with E-state index >= 15 is 0 Å². The average molecular weight is 367 g/mol. The first-order valence-electron chi connectivity index (χ1n) is 8.48. The fourth-order valence-corrected chi connectivity index (χ4v) is 4.04.